The van der Waals surface area contributed by atoms with Crippen LogP contribution in [0.15, 0.2) is 24.3 Å². The molecule has 2 saturated heterocycles. The highest BCUT2D eigenvalue weighted by Gasteiger charge is 2.37. The first-order valence-corrected chi connectivity index (χ1v) is 8.59. The molecule has 0 radical (unpaired) electrons. The number of nitrogens with zero attached hydrogens (tertiary/aromatic N) is 1. The molecule has 3 rings (SSSR count). The van der Waals surface area contributed by atoms with E-state index in [1.807, 2.05) is 18.2 Å². The molecule has 0 spiro atoms. The lowest BCUT2D eigenvalue weighted by molar-refractivity contribution is -0.139. The smallest absolute Gasteiger partial charge is 0.243 e. The highest BCUT2D eigenvalue weighted by Crippen LogP contribution is 2.21. The van der Waals surface area contributed by atoms with Crippen LogP contribution in [0.1, 0.15) is 31.2 Å². The predicted octanol–water partition coefficient (Wildman–Crippen LogP) is 2.12. The molecular weight excluding hydrogens is 349 g/mol. The van der Waals surface area contributed by atoms with Crippen LogP contribution in [0.4, 0.5) is 0 Å². The molecule has 2 atom stereocenters. The van der Waals surface area contributed by atoms with E-state index in [0.717, 1.165) is 37.8 Å². The van der Waals surface area contributed by atoms with Gasteiger partial charge in [0.1, 0.15) is 6.04 Å². The zero-order chi connectivity index (χ0) is 16.2. The summed E-state index contributed by atoms with van der Waals surface area (Å²) in [4.78, 5) is 26.8. The van der Waals surface area contributed by atoms with Gasteiger partial charge in [0.05, 0.1) is 6.04 Å². The summed E-state index contributed by atoms with van der Waals surface area (Å²) >= 11 is 6.11. The van der Waals surface area contributed by atoms with Crippen molar-refractivity contribution >= 4 is 35.8 Å². The lowest BCUT2D eigenvalue weighted by Crippen LogP contribution is -2.50. The molecule has 0 unspecified atom stereocenters. The molecule has 2 heterocycles. The van der Waals surface area contributed by atoms with Gasteiger partial charge in [-0.05, 0) is 43.9 Å². The maximum atomic E-state index is 12.6. The molecule has 1 aromatic rings. The lowest BCUT2D eigenvalue weighted by Gasteiger charge is -2.26. The van der Waals surface area contributed by atoms with Gasteiger partial charge >= 0.3 is 0 Å². The minimum absolute atomic E-state index is 0. The third kappa shape index (κ3) is 4.21. The van der Waals surface area contributed by atoms with Crippen LogP contribution in [0, 0.1) is 0 Å². The van der Waals surface area contributed by atoms with E-state index in [4.69, 9.17) is 11.6 Å². The van der Waals surface area contributed by atoms with E-state index >= 15 is 0 Å². The Kier molecular flexibility index (Phi) is 6.90. The normalized spacial score (nSPS) is 23.0. The second-order valence-electron chi connectivity index (χ2n) is 6.15. The van der Waals surface area contributed by atoms with Gasteiger partial charge in [-0.1, -0.05) is 29.8 Å². The van der Waals surface area contributed by atoms with Gasteiger partial charge in [0.15, 0.2) is 0 Å². The Labute approximate surface area is 153 Å². The number of halogens is 2. The van der Waals surface area contributed by atoms with Crippen molar-refractivity contribution in [3.63, 3.8) is 0 Å². The number of amides is 2. The molecule has 0 saturated carbocycles. The van der Waals surface area contributed by atoms with E-state index in [2.05, 4.69) is 10.6 Å². The molecule has 2 amide bonds. The fourth-order valence-corrected chi connectivity index (χ4v) is 3.54. The molecule has 1 aromatic carbocycles. The van der Waals surface area contributed by atoms with Crippen LogP contribution < -0.4 is 10.6 Å². The summed E-state index contributed by atoms with van der Waals surface area (Å²) in [6.45, 7) is 1.94. The Morgan fingerprint density at radius 2 is 2.04 bits per heavy atom. The van der Waals surface area contributed by atoms with Crippen molar-refractivity contribution in [2.24, 2.45) is 0 Å². The summed E-state index contributed by atoms with van der Waals surface area (Å²) in [6, 6.07) is 6.98. The lowest BCUT2D eigenvalue weighted by atomic mass is 10.1. The quantitative estimate of drug-likeness (QED) is 0.851. The van der Waals surface area contributed by atoms with E-state index in [-0.39, 0.29) is 36.3 Å². The average Bonchev–Trinajstić information content (AvgIpc) is 3.24. The second kappa shape index (κ2) is 8.70. The number of likely N-dealkylation sites (tertiary alicyclic amines) is 1. The summed E-state index contributed by atoms with van der Waals surface area (Å²) in [5, 5.41) is 6.78. The average molecular weight is 372 g/mol. The van der Waals surface area contributed by atoms with Gasteiger partial charge < -0.3 is 15.5 Å². The fourth-order valence-electron chi connectivity index (χ4n) is 3.34. The fraction of sp³-hybridized carbons (Fsp3) is 0.529. The number of hydrogen-bond donors (Lipinski definition) is 2. The molecule has 2 fully saturated rings. The maximum Gasteiger partial charge on any atom is 0.243 e. The summed E-state index contributed by atoms with van der Waals surface area (Å²) in [6.07, 6.45) is 3.49. The van der Waals surface area contributed by atoms with Crippen LogP contribution in [-0.4, -0.2) is 41.9 Å². The molecule has 7 heteroatoms. The first-order valence-electron chi connectivity index (χ1n) is 8.22. The highest BCUT2D eigenvalue weighted by molar-refractivity contribution is 6.31. The van der Waals surface area contributed by atoms with Crippen molar-refractivity contribution in [2.75, 3.05) is 13.1 Å². The summed E-state index contributed by atoms with van der Waals surface area (Å²) in [7, 11) is 0. The van der Waals surface area contributed by atoms with Gasteiger partial charge in [-0.2, -0.15) is 0 Å². The monoisotopic (exact) mass is 371 g/mol. The minimum Gasteiger partial charge on any atom is -0.350 e. The highest BCUT2D eigenvalue weighted by atomic mass is 35.5. The van der Waals surface area contributed by atoms with Crippen LogP contribution in [0.3, 0.4) is 0 Å². The van der Waals surface area contributed by atoms with E-state index in [0.29, 0.717) is 18.1 Å². The van der Waals surface area contributed by atoms with Crippen molar-refractivity contribution in [1.29, 1.82) is 0 Å². The number of carbonyl (C=O) groups excluding carboxylic acids is 2. The van der Waals surface area contributed by atoms with Gasteiger partial charge in [0.2, 0.25) is 11.8 Å². The number of carbonyl (C=O) groups is 2. The largest absolute Gasteiger partial charge is 0.350 e. The van der Waals surface area contributed by atoms with E-state index < -0.39 is 0 Å². The second-order valence-corrected chi connectivity index (χ2v) is 6.56. The summed E-state index contributed by atoms with van der Waals surface area (Å²) < 4.78 is 0. The molecule has 24 heavy (non-hydrogen) atoms. The van der Waals surface area contributed by atoms with Crippen molar-refractivity contribution in [3.05, 3.63) is 34.9 Å². The molecule has 132 valence electrons. The first kappa shape index (κ1) is 19.0. The third-order valence-electron chi connectivity index (χ3n) is 4.61. The Balaban J connectivity index is 0.00000208. The van der Waals surface area contributed by atoms with Gasteiger partial charge in [-0.25, -0.2) is 0 Å². The topological polar surface area (TPSA) is 61.4 Å². The molecular formula is C17H23Cl2N3O2. The Morgan fingerprint density at radius 1 is 1.25 bits per heavy atom. The standard InChI is InChI=1S/C17H22ClN3O2.ClH/c18-13-6-2-1-5-12(13)11-20-16(22)15-8-4-10-21(15)17(23)14-7-3-9-19-14;/h1-2,5-6,14-15,19H,3-4,7-11H2,(H,20,22);1H/t14-,15-;/m1./s1. The summed E-state index contributed by atoms with van der Waals surface area (Å²) in [5.74, 6) is -0.0216. The predicted molar refractivity (Wildman–Crippen MR) is 96.3 cm³/mol. The van der Waals surface area contributed by atoms with Gasteiger partial charge in [-0.15, -0.1) is 12.4 Å². The Morgan fingerprint density at radius 3 is 2.75 bits per heavy atom. The van der Waals surface area contributed by atoms with E-state index in [9.17, 15) is 9.59 Å². The van der Waals surface area contributed by atoms with Crippen LogP contribution in [-0.2, 0) is 16.1 Å². The number of benzene rings is 1. The zero-order valence-electron chi connectivity index (χ0n) is 13.5. The van der Waals surface area contributed by atoms with Gasteiger partial charge in [0.25, 0.3) is 0 Å². The number of rotatable bonds is 4. The molecule has 0 aromatic heterocycles. The number of hydrogen-bond acceptors (Lipinski definition) is 3. The minimum atomic E-state index is -0.354. The van der Waals surface area contributed by atoms with Gasteiger partial charge in [-0.3, -0.25) is 9.59 Å². The molecule has 2 N–H and O–H groups in total. The molecule has 2 aliphatic rings. The van der Waals surface area contributed by atoms with Crippen molar-refractivity contribution in [3.8, 4) is 0 Å². The van der Waals surface area contributed by atoms with E-state index in [1.54, 1.807) is 11.0 Å². The SMILES string of the molecule is Cl.O=C(NCc1ccccc1Cl)[C@H]1CCCN1C(=O)[C@H]1CCCN1. The van der Waals surface area contributed by atoms with Crippen LogP contribution >= 0.6 is 24.0 Å². The van der Waals surface area contributed by atoms with E-state index in [1.165, 1.54) is 0 Å². The van der Waals surface area contributed by atoms with Gasteiger partial charge in [0, 0.05) is 18.1 Å². The Hall–Kier alpha value is -1.30. The molecule has 0 bridgehead atoms. The molecule has 2 aliphatic heterocycles. The number of nitrogens with one attached hydrogen (secondary N) is 2. The zero-order valence-corrected chi connectivity index (χ0v) is 15.0. The first-order chi connectivity index (χ1) is 11.2. The third-order valence-corrected chi connectivity index (χ3v) is 4.98. The van der Waals surface area contributed by atoms with Crippen LogP contribution in [0.25, 0.3) is 0 Å². The maximum absolute atomic E-state index is 12.6. The van der Waals surface area contributed by atoms with Crippen molar-refractivity contribution in [1.82, 2.24) is 15.5 Å². The van der Waals surface area contributed by atoms with Crippen molar-refractivity contribution in [2.45, 2.75) is 44.3 Å². The summed E-state index contributed by atoms with van der Waals surface area (Å²) in [5.41, 5.74) is 0.885. The van der Waals surface area contributed by atoms with Crippen LogP contribution in [0.5, 0.6) is 0 Å². The van der Waals surface area contributed by atoms with Crippen molar-refractivity contribution < 1.29 is 9.59 Å². The Bertz CT molecular complexity index is 591. The van der Waals surface area contributed by atoms with Crippen LogP contribution in [0.2, 0.25) is 5.02 Å². The molecule has 5 nitrogen and oxygen atoms in total. The molecule has 0 aliphatic carbocycles.